The topological polar surface area (TPSA) is 35.2 Å². The first-order valence-electron chi connectivity index (χ1n) is 4.89. The van der Waals surface area contributed by atoms with Gasteiger partial charge in [0.2, 0.25) is 0 Å². The van der Waals surface area contributed by atoms with Crippen LogP contribution >= 0.6 is 15.9 Å². The van der Waals surface area contributed by atoms with Crippen LogP contribution in [0.25, 0.3) is 0 Å². The molecule has 4 heteroatoms. The number of halogens is 2. The fraction of sp³-hybridized carbons (Fsp3) is 0.455. The van der Waals surface area contributed by atoms with E-state index in [-0.39, 0.29) is 11.9 Å². The van der Waals surface area contributed by atoms with E-state index in [4.69, 9.17) is 10.5 Å². The van der Waals surface area contributed by atoms with E-state index in [1.165, 1.54) is 0 Å². The third kappa shape index (κ3) is 3.00. The second kappa shape index (κ2) is 5.58. The summed E-state index contributed by atoms with van der Waals surface area (Å²) in [5.74, 6) is -0.309. The van der Waals surface area contributed by atoms with Crippen molar-refractivity contribution < 1.29 is 9.13 Å². The predicted molar refractivity (Wildman–Crippen MR) is 62.1 cm³/mol. The van der Waals surface area contributed by atoms with Gasteiger partial charge in [0.05, 0.1) is 16.6 Å². The third-order valence-electron chi connectivity index (χ3n) is 2.28. The Labute approximate surface area is 97.7 Å². The molecule has 15 heavy (non-hydrogen) atoms. The molecule has 0 aliphatic carbocycles. The van der Waals surface area contributed by atoms with E-state index in [0.29, 0.717) is 16.6 Å². The van der Waals surface area contributed by atoms with Gasteiger partial charge in [-0.15, -0.1) is 0 Å². The summed E-state index contributed by atoms with van der Waals surface area (Å²) in [5.41, 5.74) is 6.39. The molecule has 0 aliphatic rings. The quantitative estimate of drug-likeness (QED) is 0.917. The van der Waals surface area contributed by atoms with Crippen molar-refractivity contribution in [3.63, 3.8) is 0 Å². The van der Waals surface area contributed by atoms with Crippen LogP contribution in [-0.2, 0) is 4.74 Å². The highest BCUT2D eigenvalue weighted by Gasteiger charge is 2.19. The smallest absolute Gasteiger partial charge is 0.142 e. The molecule has 0 spiro atoms. The summed E-state index contributed by atoms with van der Waals surface area (Å²) in [6.07, 6.45) is -0.196. The Bertz CT molecular complexity index is 332. The van der Waals surface area contributed by atoms with Crippen molar-refractivity contribution in [3.05, 3.63) is 34.1 Å². The first-order valence-corrected chi connectivity index (χ1v) is 5.68. The van der Waals surface area contributed by atoms with Crippen LogP contribution in [-0.4, -0.2) is 12.7 Å². The van der Waals surface area contributed by atoms with Crippen molar-refractivity contribution in [2.75, 3.05) is 6.61 Å². The van der Waals surface area contributed by atoms with Gasteiger partial charge >= 0.3 is 0 Å². The molecule has 0 radical (unpaired) electrons. The van der Waals surface area contributed by atoms with Crippen LogP contribution in [0.1, 0.15) is 25.5 Å². The summed E-state index contributed by atoms with van der Waals surface area (Å²) >= 11 is 3.13. The predicted octanol–water partition coefficient (Wildman–Crippen LogP) is 3.01. The highest BCUT2D eigenvalue weighted by Crippen LogP contribution is 2.25. The monoisotopic (exact) mass is 275 g/mol. The molecule has 0 fully saturated rings. The zero-order valence-electron chi connectivity index (χ0n) is 8.84. The lowest BCUT2D eigenvalue weighted by molar-refractivity contribution is 0.0566. The number of hydrogen-bond acceptors (Lipinski definition) is 2. The van der Waals surface area contributed by atoms with Gasteiger partial charge in [0, 0.05) is 12.2 Å². The van der Waals surface area contributed by atoms with E-state index in [1.54, 1.807) is 18.2 Å². The van der Waals surface area contributed by atoms with Gasteiger partial charge in [-0.05, 0) is 35.8 Å². The molecule has 2 N–H and O–H groups in total. The van der Waals surface area contributed by atoms with Gasteiger partial charge in [0.15, 0.2) is 0 Å². The van der Waals surface area contributed by atoms with Gasteiger partial charge in [0.1, 0.15) is 5.82 Å². The van der Waals surface area contributed by atoms with Crippen molar-refractivity contribution in [3.8, 4) is 0 Å². The molecule has 84 valence electrons. The second-order valence-electron chi connectivity index (χ2n) is 3.33. The lowest BCUT2D eigenvalue weighted by atomic mass is 10.0. The molecule has 0 aromatic heterocycles. The molecule has 0 aliphatic heterocycles. The SMILES string of the molecule is CCOC(C)C(N)c1cccc(Br)c1F. The average molecular weight is 276 g/mol. The van der Waals surface area contributed by atoms with Gasteiger partial charge in [-0.3, -0.25) is 0 Å². The lowest BCUT2D eigenvalue weighted by Gasteiger charge is -2.20. The van der Waals surface area contributed by atoms with Crippen LogP contribution in [0, 0.1) is 5.82 Å². The van der Waals surface area contributed by atoms with Gasteiger partial charge in [-0.2, -0.15) is 0 Å². The van der Waals surface area contributed by atoms with Gasteiger partial charge in [0.25, 0.3) is 0 Å². The summed E-state index contributed by atoms with van der Waals surface area (Å²) in [7, 11) is 0. The minimum absolute atomic E-state index is 0.196. The molecule has 0 amide bonds. The molecular weight excluding hydrogens is 261 g/mol. The number of benzene rings is 1. The molecule has 1 aromatic rings. The normalized spacial score (nSPS) is 15.0. The van der Waals surface area contributed by atoms with Crippen LogP contribution in [0.5, 0.6) is 0 Å². The van der Waals surface area contributed by atoms with E-state index in [2.05, 4.69) is 15.9 Å². The highest BCUT2D eigenvalue weighted by molar-refractivity contribution is 9.10. The number of rotatable bonds is 4. The van der Waals surface area contributed by atoms with Crippen molar-refractivity contribution in [1.29, 1.82) is 0 Å². The van der Waals surface area contributed by atoms with E-state index >= 15 is 0 Å². The molecule has 0 saturated heterocycles. The summed E-state index contributed by atoms with van der Waals surface area (Å²) in [6.45, 7) is 4.31. The fourth-order valence-corrected chi connectivity index (χ4v) is 1.78. The van der Waals surface area contributed by atoms with Crippen LogP contribution in [0.4, 0.5) is 4.39 Å². The van der Waals surface area contributed by atoms with Crippen LogP contribution in [0.15, 0.2) is 22.7 Å². The molecule has 0 bridgehead atoms. The summed E-state index contributed by atoms with van der Waals surface area (Å²) < 4.78 is 19.4. The molecule has 2 nitrogen and oxygen atoms in total. The lowest BCUT2D eigenvalue weighted by Crippen LogP contribution is -2.27. The van der Waals surface area contributed by atoms with Gasteiger partial charge in [-0.25, -0.2) is 4.39 Å². The van der Waals surface area contributed by atoms with Crippen molar-refractivity contribution in [2.24, 2.45) is 5.73 Å². The fourth-order valence-electron chi connectivity index (χ4n) is 1.40. The Morgan fingerprint density at radius 2 is 2.20 bits per heavy atom. The minimum Gasteiger partial charge on any atom is -0.377 e. The summed E-state index contributed by atoms with van der Waals surface area (Å²) in [6, 6.07) is 4.65. The minimum atomic E-state index is -0.442. The molecule has 0 heterocycles. The van der Waals surface area contributed by atoms with E-state index in [1.807, 2.05) is 13.8 Å². The Kier molecular flexibility index (Phi) is 4.70. The molecule has 1 aromatic carbocycles. The number of ether oxygens (including phenoxy) is 1. The molecule has 0 saturated carbocycles. The van der Waals surface area contributed by atoms with Crippen molar-refractivity contribution >= 4 is 15.9 Å². The van der Waals surface area contributed by atoms with Crippen molar-refractivity contribution in [2.45, 2.75) is 26.0 Å². The summed E-state index contributed by atoms with van der Waals surface area (Å²) in [4.78, 5) is 0. The van der Waals surface area contributed by atoms with Crippen LogP contribution < -0.4 is 5.73 Å². The Morgan fingerprint density at radius 1 is 1.53 bits per heavy atom. The molecule has 1 rings (SSSR count). The van der Waals surface area contributed by atoms with E-state index in [0.717, 1.165) is 0 Å². The standard InChI is InChI=1S/C11H15BrFNO/c1-3-15-7(2)11(14)8-5-4-6-9(12)10(8)13/h4-7,11H,3,14H2,1-2H3. The molecule has 2 atom stereocenters. The van der Waals surface area contributed by atoms with Gasteiger partial charge < -0.3 is 10.5 Å². The van der Waals surface area contributed by atoms with Gasteiger partial charge in [-0.1, -0.05) is 12.1 Å². The largest absolute Gasteiger partial charge is 0.377 e. The second-order valence-corrected chi connectivity index (χ2v) is 4.18. The number of nitrogens with two attached hydrogens (primary N) is 1. The van der Waals surface area contributed by atoms with Crippen LogP contribution in [0.3, 0.4) is 0 Å². The third-order valence-corrected chi connectivity index (χ3v) is 2.89. The Balaban J connectivity index is 2.90. The van der Waals surface area contributed by atoms with E-state index < -0.39 is 6.04 Å². The maximum absolute atomic E-state index is 13.7. The average Bonchev–Trinajstić information content (AvgIpc) is 2.21. The molecular formula is C11H15BrFNO. The Hall–Kier alpha value is -0.450. The molecule has 2 unspecified atom stereocenters. The first kappa shape index (κ1) is 12.6. The highest BCUT2D eigenvalue weighted by atomic mass is 79.9. The zero-order valence-corrected chi connectivity index (χ0v) is 10.4. The Morgan fingerprint density at radius 3 is 2.80 bits per heavy atom. The van der Waals surface area contributed by atoms with Crippen molar-refractivity contribution in [1.82, 2.24) is 0 Å². The maximum Gasteiger partial charge on any atom is 0.142 e. The van der Waals surface area contributed by atoms with Crippen LogP contribution in [0.2, 0.25) is 0 Å². The van der Waals surface area contributed by atoms with E-state index in [9.17, 15) is 4.39 Å². The maximum atomic E-state index is 13.7. The number of hydrogen-bond donors (Lipinski definition) is 1. The summed E-state index contributed by atoms with van der Waals surface area (Å²) in [5, 5.41) is 0. The zero-order chi connectivity index (χ0) is 11.4. The first-order chi connectivity index (χ1) is 7.07.